The molecule has 0 bridgehead atoms. The van der Waals surface area contributed by atoms with Gasteiger partial charge in [-0.3, -0.25) is 4.79 Å². The number of aromatic nitrogens is 1. The molecule has 1 aromatic heterocycles. The topological polar surface area (TPSA) is 74.2 Å². The number of hydrogen-bond donors (Lipinski definition) is 3. The fourth-order valence-electron chi connectivity index (χ4n) is 2.40. The van der Waals surface area contributed by atoms with Gasteiger partial charge in [0.25, 0.3) is 0 Å². The first kappa shape index (κ1) is 18.4. The quantitative estimate of drug-likeness (QED) is 0.686. The van der Waals surface area contributed by atoms with Gasteiger partial charge in [-0.25, -0.2) is 4.98 Å². The molecule has 0 aliphatic rings. The minimum atomic E-state index is -0.162. The molecular weight excluding hydrogens is 322 g/mol. The zero-order valence-corrected chi connectivity index (χ0v) is 15.2. The van der Waals surface area contributed by atoms with Crippen molar-refractivity contribution in [2.24, 2.45) is 0 Å². The largest absolute Gasteiger partial charge is 0.394 e. The number of hydrogen-bond acceptors (Lipinski definition) is 5. The van der Waals surface area contributed by atoms with E-state index in [1.165, 1.54) is 4.88 Å². The molecule has 6 heteroatoms. The van der Waals surface area contributed by atoms with Gasteiger partial charge in [0.2, 0.25) is 5.91 Å². The van der Waals surface area contributed by atoms with Crippen molar-refractivity contribution >= 4 is 22.9 Å². The van der Waals surface area contributed by atoms with Gasteiger partial charge in [0.15, 0.2) is 0 Å². The lowest BCUT2D eigenvalue weighted by molar-refractivity contribution is -0.121. The Kier molecular flexibility index (Phi) is 6.75. The molecule has 130 valence electrons. The molecule has 0 saturated heterocycles. The number of carbonyl (C=O) groups excluding carboxylic acids is 1. The van der Waals surface area contributed by atoms with E-state index in [2.05, 4.69) is 15.6 Å². The van der Waals surface area contributed by atoms with Crippen molar-refractivity contribution in [1.29, 1.82) is 0 Å². The number of aliphatic hydroxyl groups is 1. The van der Waals surface area contributed by atoms with Gasteiger partial charge >= 0.3 is 0 Å². The summed E-state index contributed by atoms with van der Waals surface area (Å²) in [5, 5.41) is 16.4. The second-order valence-corrected chi connectivity index (χ2v) is 7.11. The van der Waals surface area contributed by atoms with Crippen LogP contribution in [0.4, 0.5) is 5.69 Å². The molecule has 0 spiro atoms. The summed E-state index contributed by atoms with van der Waals surface area (Å²) in [5.41, 5.74) is 3.05. The molecule has 24 heavy (non-hydrogen) atoms. The second-order valence-electron chi connectivity index (χ2n) is 5.82. The summed E-state index contributed by atoms with van der Waals surface area (Å²) in [6.07, 6.45) is 1.05. The second kappa shape index (κ2) is 8.80. The smallest absolute Gasteiger partial charge is 0.224 e. The van der Waals surface area contributed by atoms with Crippen LogP contribution < -0.4 is 10.6 Å². The summed E-state index contributed by atoms with van der Waals surface area (Å²) >= 11 is 1.71. The van der Waals surface area contributed by atoms with Crippen LogP contribution in [-0.2, 0) is 17.8 Å². The summed E-state index contributed by atoms with van der Waals surface area (Å²) in [4.78, 5) is 17.6. The molecule has 1 amide bonds. The molecule has 1 atom stereocenters. The first-order valence-corrected chi connectivity index (χ1v) is 8.99. The summed E-state index contributed by atoms with van der Waals surface area (Å²) in [5.74, 6) is -0.0626. The van der Waals surface area contributed by atoms with Crippen LogP contribution in [0.1, 0.15) is 34.5 Å². The lowest BCUT2D eigenvalue weighted by Crippen LogP contribution is -2.37. The average molecular weight is 347 g/mol. The molecule has 0 radical (unpaired) electrons. The van der Waals surface area contributed by atoms with E-state index < -0.39 is 0 Å². The highest BCUT2D eigenvalue weighted by molar-refractivity contribution is 7.11. The third-order valence-electron chi connectivity index (χ3n) is 3.85. The Morgan fingerprint density at radius 2 is 2.00 bits per heavy atom. The normalized spacial score (nSPS) is 12.0. The van der Waals surface area contributed by atoms with E-state index >= 15 is 0 Å². The Morgan fingerprint density at radius 1 is 1.29 bits per heavy atom. The number of aliphatic hydroxyl groups excluding tert-OH is 1. The lowest BCUT2D eigenvalue weighted by Gasteiger charge is -2.14. The van der Waals surface area contributed by atoms with Gasteiger partial charge in [-0.1, -0.05) is 19.1 Å². The lowest BCUT2D eigenvalue weighted by atomic mass is 10.1. The maximum Gasteiger partial charge on any atom is 0.224 e. The number of aryl methyl sites for hydroxylation is 2. The number of benzene rings is 1. The van der Waals surface area contributed by atoms with Gasteiger partial charge < -0.3 is 15.7 Å². The van der Waals surface area contributed by atoms with E-state index in [4.69, 9.17) is 5.11 Å². The van der Waals surface area contributed by atoms with Crippen molar-refractivity contribution in [3.63, 3.8) is 0 Å². The number of anilines is 1. The fraction of sp³-hybridized carbons (Fsp3) is 0.444. The SMILES string of the molecule is CC[C@@H](CO)NC(=O)Cc1ccc(NCc2sc(C)nc2C)cc1. The van der Waals surface area contributed by atoms with Gasteiger partial charge in [0, 0.05) is 10.6 Å². The molecular formula is C18H25N3O2S. The van der Waals surface area contributed by atoms with E-state index in [1.807, 2.05) is 45.0 Å². The van der Waals surface area contributed by atoms with Crippen LogP contribution >= 0.6 is 11.3 Å². The van der Waals surface area contributed by atoms with E-state index in [9.17, 15) is 4.79 Å². The maximum absolute atomic E-state index is 11.9. The van der Waals surface area contributed by atoms with Crippen LogP contribution in [0.15, 0.2) is 24.3 Å². The number of thiazole rings is 1. The van der Waals surface area contributed by atoms with Crippen molar-refractivity contribution in [3.05, 3.63) is 45.4 Å². The third-order valence-corrected chi connectivity index (χ3v) is 4.92. The van der Waals surface area contributed by atoms with Crippen molar-refractivity contribution in [2.45, 2.75) is 46.2 Å². The van der Waals surface area contributed by atoms with Crippen molar-refractivity contribution in [1.82, 2.24) is 10.3 Å². The molecule has 0 unspecified atom stereocenters. The summed E-state index contributed by atoms with van der Waals surface area (Å²) in [6, 6.07) is 7.70. The monoisotopic (exact) mass is 347 g/mol. The zero-order chi connectivity index (χ0) is 17.5. The van der Waals surface area contributed by atoms with E-state index in [0.717, 1.165) is 34.9 Å². The van der Waals surface area contributed by atoms with Gasteiger partial charge in [0.05, 0.1) is 36.3 Å². The Labute approximate surface area is 147 Å². The Morgan fingerprint density at radius 3 is 2.54 bits per heavy atom. The van der Waals surface area contributed by atoms with Crippen LogP contribution in [-0.4, -0.2) is 28.6 Å². The summed E-state index contributed by atoms with van der Waals surface area (Å²) in [7, 11) is 0. The van der Waals surface area contributed by atoms with Gasteiger partial charge in [-0.2, -0.15) is 0 Å². The van der Waals surface area contributed by atoms with Crippen LogP contribution in [0, 0.1) is 13.8 Å². The highest BCUT2D eigenvalue weighted by atomic mass is 32.1. The molecule has 0 aliphatic heterocycles. The van der Waals surface area contributed by atoms with Gasteiger partial charge in [-0.15, -0.1) is 11.3 Å². The number of nitrogens with one attached hydrogen (secondary N) is 2. The Hall–Kier alpha value is -1.92. The molecule has 0 aliphatic carbocycles. The summed E-state index contributed by atoms with van der Waals surface area (Å²) in [6.45, 7) is 6.71. The molecule has 1 heterocycles. The molecule has 2 aromatic rings. The van der Waals surface area contributed by atoms with Crippen LogP contribution in [0.5, 0.6) is 0 Å². The Bertz CT molecular complexity index is 663. The molecule has 1 aromatic carbocycles. The van der Waals surface area contributed by atoms with Crippen molar-refractivity contribution < 1.29 is 9.90 Å². The third kappa shape index (κ3) is 5.32. The average Bonchev–Trinajstić information content (AvgIpc) is 2.89. The standard InChI is InChI=1S/C18H25N3O2S/c1-4-15(11-22)21-18(23)9-14-5-7-16(8-6-14)19-10-17-12(2)20-13(3)24-17/h5-8,15,19,22H,4,9-11H2,1-3H3,(H,21,23)/t15-/m0/s1. The van der Waals surface area contributed by atoms with Gasteiger partial charge in [-0.05, 0) is 38.0 Å². The highest BCUT2D eigenvalue weighted by Crippen LogP contribution is 2.19. The van der Waals surface area contributed by atoms with Crippen molar-refractivity contribution in [2.75, 3.05) is 11.9 Å². The minimum absolute atomic E-state index is 0.0262. The first-order chi connectivity index (χ1) is 11.5. The Balaban J connectivity index is 1.86. The number of rotatable bonds is 8. The van der Waals surface area contributed by atoms with E-state index in [0.29, 0.717) is 6.42 Å². The fourth-order valence-corrected chi connectivity index (χ4v) is 3.28. The van der Waals surface area contributed by atoms with Crippen LogP contribution in [0.2, 0.25) is 0 Å². The highest BCUT2D eigenvalue weighted by Gasteiger charge is 2.10. The number of amides is 1. The summed E-state index contributed by atoms with van der Waals surface area (Å²) < 4.78 is 0. The first-order valence-electron chi connectivity index (χ1n) is 8.17. The van der Waals surface area contributed by atoms with E-state index in [1.54, 1.807) is 11.3 Å². The molecule has 2 rings (SSSR count). The zero-order valence-electron chi connectivity index (χ0n) is 14.4. The predicted octanol–water partition coefficient (Wildman–Crippen LogP) is 2.80. The molecule has 0 fully saturated rings. The van der Waals surface area contributed by atoms with Crippen molar-refractivity contribution in [3.8, 4) is 0 Å². The van der Waals surface area contributed by atoms with Crippen LogP contribution in [0.25, 0.3) is 0 Å². The molecule has 5 nitrogen and oxygen atoms in total. The minimum Gasteiger partial charge on any atom is -0.394 e. The number of nitrogens with zero attached hydrogens (tertiary/aromatic N) is 1. The number of carbonyl (C=O) groups is 1. The maximum atomic E-state index is 11.9. The van der Waals surface area contributed by atoms with E-state index in [-0.39, 0.29) is 18.6 Å². The predicted molar refractivity (Wildman–Crippen MR) is 98.4 cm³/mol. The molecule has 3 N–H and O–H groups in total. The molecule has 0 saturated carbocycles. The van der Waals surface area contributed by atoms with Gasteiger partial charge in [0.1, 0.15) is 0 Å². The van der Waals surface area contributed by atoms with Crippen LogP contribution in [0.3, 0.4) is 0 Å².